The number of fused-ring (bicyclic) bond motifs is 1. The van der Waals surface area contributed by atoms with Crippen molar-refractivity contribution in [3.05, 3.63) is 53.5 Å². The minimum absolute atomic E-state index is 0.917. The number of nitrogens with zero attached hydrogens (tertiary/aromatic N) is 2. The summed E-state index contributed by atoms with van der Waals surface area (Å²) in [6.07, 6.45) is 2.89. The van der Waals surface area contributed by atoms with E-state index in [0.29, 0.717) is 0 Å². The molecule has 1 aromatic carbocycles. The van der Waals surface area contributed by atoms with E-state index in [9.17, 15) is 0 Å². The number of allylic oxidation sites excluding steroid dienone is 2. The Morgan fingerprint density at radius 1 is 1.35 bits per heavy atom. The zero-order valence-electron chi connectivity index (χ0n) is 9.60. The molecular weight excluding hydrogens is 228 g/mol. The molecule has 3 rings (SSSR count). The molecule has 17 heavy (non-hydrogen) atoms. The molecule has 0 unspecified atom stereocenters. The van der Waals surface area contributed by atoms with Crippen molar-refractivity contribution in [2.24, 2.45) is 4.99 Å². The van der Waals surface area contributed by atoms with Gasteiger partial charge in [0, 0.05) is 11.4 Å². The van der Waals surface area contributed by atoms with Crippen LogP contribution in [-0.2, 0) is 0 Å². The molecule has 0 saturated heterocycles. The van der Waals surface area contributed by atoms with Crippen molar-refractivity contribution in [1.29, 1.82) is 0 Å². The fraction of sp³-hybridized carbons (Fsp3) is 0.214. The molecule has 3 heteroatoms. The van der Waals surface area contributed by atoms with Gasteiger partial charge < -0.3 is 4.90 Å². The van der Waals surface area contributed by atoms with Crippen molar-refractivity contribution in [3.8, 4) is 0 Å². The van der Waals surface area contributed by atoms with Gasteiger partial charge in [-0.05, 0) is 12.0 Å². The van der Waals surface area contributed by atoms with E-state index < -0.39 is 0 Å². The lowest BCUT2D eigenvalue weighted by molar-refractivity contribution is 0.647. The molecule has 2 heterocycles. The lowest BCUT2D eigenvalue weighted by Crippen LogP contribution is -2.19. The van der Waals surface area contributed by atoms with E-state index in [1.54, 1.807) is 11.8 Å². The predicted octanol–water partition coefficient (Wildman–Crippen LogP) is 3.35. The van der Waals surface area contributed by atoms with Gasteiger partial charge in [-0.2, -0.15) is 0 Å². The molecule has 2 nitrogen and oxygen atoms in total. The molecule has 0 bridgehead atoms. The van der Waals surface area contributed by atoms with E-state index in [4.69, 9.17) is 0 Å². The highest BCUT2D eigenvalue weighted by molar-refractivity contribution is 8.17. The summed E-state index contributed by atoms with van der Waals surface area (Å²) in [6, 6.07) is 10.6. The van der Waals surface area contributed by atoms with E-state index in [-0.39, 0.29) is 0 Å². The highest BCUT2D eigenvalue weighted by atomic mass is 32.2. The molecule has 0 atom stereocenters. The summed E-state index contributed by atoms with van der Waals surface area (Å²) in [4.78, 5) is 8.23. The van der Waals surface area contributed by atoms with Gasteiger partial charge in [-0.3, -0.25) is 4.99 Å². The van der Waals surface area contributed by atoms with Crippen LogP contribution < -0.4 is 0 Å². The van der Waals surface area contributed by atoms with Gasteiger partial charge in [-0.25, -0.2) is 0 Å². The topological polar surface area (TPSA) is 15.6 Å². The summed E-state index contributed by atoms with van der Waals surface area (Å²) in [6.45, 7) is 5.76. The molecule has 0 aliphatic carbocycles. The molecule has 0 saturated carbocycles. The number of hydrogen-bond acceptors (Lipinski definition) is 3. The first kappa shape index (κ1) is 10.7. The minimum atomic E-state index is 0.917. The Morgan fingerprint density at radius 2 is 2.18 bits per heavy atom. The molecular formula is C14H14N2S. The number of amidine groups is 1. The van der Waals surface area contributed by atoms with Crippen LogP contribution in [-0.4, -0.2) is 23.2 Å². The average molecular weight is 242 g/mol. The van der Waals surface area contributed by atoms with Crippen molar-refractivity contribution < 1.29 is 0 Å². The largest absolute Gasteiger partial charge is 0.318 e. The standard InChI is InChI=1S/C14H14N2S/c1-2-6-12-13(11-7-4-3-5-8-11)16-10-9-15-14(16)17-12/h2-5,7-8H,1,6,9-10H2. The van der Waals surface area contributed by atoms with Crippen LogP contribution in [0.3, 0.4) is 0 Å². The van der Waals surface area contributed by atoms with Crippen molar-refractivity contribution >= 4 is 22.6 Å². The molecule has 2 aliphatic heterocycles. The summed E-state index contributed by atoms with van der Waals surface area (Å²) in [5.41, 5.74) is 2.61. The fourth-order valence-electron chi connectivity index (χ4n) is 2.21. The number of rotatable bonds is 3. The van der Waals surface area contributed by atoms with Crippen LogP contribution in [0.25, 0.3) is 5.70 Å². The van der Waals surface area contributed by atoms with Gasteiger partial charge in [0.2, 0.25) is 0 Å². The first-order chi connectivity index (χ1) is 8.40. The van der Waals surface area contributed by atoms with Gasteiger partial charge in [0.1, 0.15) is 0 Å². The highest BCUT2D eigenvalue weighted by Crippen LogP contribution is 2.43. The van der Waals surface area contributed by atoms with Gasteiger partial charge in [-0.1, -0.05) is 48.2 Å². The smallest absolute Gasteiger partial charge is 0.168 e. The maximum absolute atomic E-state index is 4.54. The summed E-state index contributed by atoms with van der Waals surface area (Å²) in [5.74, 6) is 0. The highest BCUT2D eigenvalue weighted by Gasteiger charge is 2.31. The quantitative estimate of drug-likeness (QED) is 0.755. The minimum Gasteiger partial charge on any atom is -0.318 e. The van der Waals surface area contributed by atoms with Crippen molar-refractivity contribution in [3.63, 3.8) is 0 Å². The SMILES string of the molecule is C=CCC1=C(c2ccccc2)N2CCN=C2S1. The van der Waals surface area contributed by atoms with Crippen LogP contribution in [0.4, 0.5) is 0 Å². The summed E-state index contributed by atoms with van der Waals surface area (Å²) in [7, 11) is 0. The molecule has 0 radical (unpaired) electrons. The van der Waals surface area contributed by atoms with E-state index in [1.165, 1.54) is 16.2 Å². The van der Waals surface area contributed by atoms with Crippen LogP contribution in [0.2, 0.25) is 0 Å². The zero-order chi connectivity index (χ0) is 11.7. The lowest BCUT2D eigenvalue weighted by Gasteiger charge is -2.17. The van der Waals surface area contributed by atoms with Crippen molar-refractivity contribution in [1.82, 2.24) is 4.90 Å². The summed E-state index contributed by atoms with van der Waals surface area (Å²) >= 11 is 1.79. The average Bonchev–Trinajstić information content (AvgIpc) is 2.90. The molecule has 0 spiro atoms. The normalized spacial score (nSPS) is 18.4. The van der Waals surface area contributed by atoms with Crippen LogP contribution in [0.1, 0.15) is 12.0 Å². The first-order valence-electron chi connectivity index (χ1n) is 5.79. The van der Waals surface area contributed by atoms with Crippen molar-refractivity contribution in [2.75, 3.05) is 13.1 Å². The van der Waals surface area contributed by atoms with Gasteiger partial charge in [0.15, 0.2) is 5.17 Å². The maximum atomic E-state index is 4.54. The van der Waals surface area contributed by atoms with Crippen LogP contribution in [0.5, 0.6) is 0 Å². The Morgan fingerprint density at radius 3 is 2.94 bits per heavy atom. The molecule has 0 N–H and O–H groups in total. The number of thioether (sulfide) groups is 1. The monoisotopic (exact) mass is 242 g/mol. The number of aliphatic imine (C=N–C) groups is 1. The molecule has 2 aliphatic rings. The van der Waals surface area contributed by atoms with E-state index in [2.05, 4.69) is 46.8 Å². The van der Waals surface area contributed by atoms with E-state index >= 15 is 0 Å². The predicted molar refractivity (Wildman–Crippen MR) is 74.8 cm³/mol. The molecule has 0 amide bonds. The third-order valence-electron chi connectivity index (χ3n) is 2.93. The van der Waals surface area contributed by atoms with Gasteiger partial charge in [-0.15, -0.1) is 6.58 Å². The molecule has 0 fully saturated rings. The van der Waals surface area contributed by atoms with Gasteiger partial charge in [0.05, 0.1) is 12.2 Å². The van der Waals surface area contributed by atoms with Gasteiger partial charge in [0.25, 0.3) is 0 Å². The Hall–Kier alpha value is -1.48. The van der Waals surface area contributed by atoms with E-state index in [1.807, 2.05) is 6.08 Å². The Bertz CT molecular complexity index is 502. The zero-order valence-corrected chi connectivity index (χ0v) is 10.4. The first-order valence-corrected chi connectivity index (χ1v) is 6.61. The molecule has 86 valence electrons. The molecule has 0 aromatic heterocycles. The number of hydrogen-bond donors (Lipinski definition) is 0. The lowest BCUT2D eigenvalue weighted by atomic mass is 10.1. The van der Waals surface area contributed by atoms with E-state index in [0.717, 1.165) is 24.7 Å². The summed E-state index contributed by atoms with van der Waals surface area (Å²) in [5, 5.41) is 1.15. The Labute approximate surface area is 106 Å². The van der Waals surface area contributed by atoms with Crippen LogP contribution >= 0.6 is 11.8 Å². The van der Waals surface area contributed by atoms with Crippen molar-refractivity contribution in [2.45, 2.75) is 6.42 Å². The number of benzene rings is 1. The second kappa shape index (κ2) is 4.41. The van der Waals surface area contributed by atoms with Crippen LogP contribution in [0.15, 0.2) is 52.9 Å². The Balaban J connectivity index is 2.05. The summed E-state index contributed by atoms with van der Waals surface area (Å²) < 4.78 is 0. The van der Waals surface area contributed by atoms with Crippen LogP contribution in [0, 0.1) is 0 Å². The fourth-order valence-corrected chi connectivity index (χ4v) is 3.41. The Kier molecular flexibility index (Phi) is 2.77. The third-order valence-corrected chi connectivity index (χ3v) is 4.07. The maximum Gasteiger partial charge on any atom is 0.168 e. The third kappa shape index (κ3) is 1.80. The second-order valence-electron chi connectivity index (χ2n) is 4.05. The molecule has 1 aromatic rings. The van der Waals surface area contributed by atoms with Gasteiger partial charge >= 0.3 is 0 Å². The second-order valence-corrected chi connectivity index (χ2v) is 5.11.